The van der Waals surface area contributed by atoms with Crippen LogP contribution in [-0.2, 0) is 4.79 Å². The molecule has 0 atom stereocenters. The standard InChI is InChI=1S/C36H29N5O4S/c1-24-8-10-25(11-9-24)12-21-32(42)26-13-17-28(18-14-26)37-33(43)23-46-36-39-38-35(45-36)31-22-41(29-6-4-3-5-7-29)40-34(31)27-15-19-30(44-2)20-16-27/h3-22H,23H2,1-2H3,(H,37,43)/b21-12+. The van der Waals surface area contributed by atoms with E-state index in [0.29, 0.717) is 22.5 Å². The maximum absolute atomic E-state index is 12.7. The summed E-state index contributed by atoms with van der Waals surface area (Å²) in [5.74, 6) is 0.700. The summed E-state index contributed by atoms with van der Waals surface area (Å²) in [6.45, 7) is 2.02. The van der Waals surface area contributed by atoms with Crippen molar-refractivity contribution in [2.24, 2.45) is 0 Å². The van der Waals surface area contributed by atoms with Crippen LogP contribution in [-0.4, -0.2) is 44.5 Å². The van der Waals surface area contributed by atoms with Crippen molar-refractivity contribution in [1.29, 1.82) is 0 Å². The van der Waals surface area contributed by atoms with Crippen LogP contribution in [0, 0.1) is 6.92 Å². The highest BCUT2D eigenvalue weighted by Gasteiger charge is 2.20. The molecule has 0 aliphatic rings. The Morgan fingerprint density at radius 1 is 0.913 bits per heavy atom. The van der Waals surface area contributed by atoms with Gasteiger partial charge in [0, 0.05) is 23.0 Å². The number of thioether (sulfide) groups is 1. The molecule has 0 saturated heterocycles. The fraction of sp³-hybridized carbons (Fsp3) is 0.0833. The summed E-state index contributed by atoms with van der Waals surface area (Å²) in [7, 11) is 1.62. The van der Waals surface area contributed by atoms with Gasteiger partial charge in [-0.15, -0.1) is 10.2 Å². The predicted molar refractivity (Wildman–Crippen MR) is 179 cm³/mol. The van der Waals surface area contributed by atoms with Gasteiger partial charge in [-0.25, -0.2) is 4.68 Å². The summed E-state index contributed by atoms with van der Waals surface area (Å²) in [6.07, 6.45) is 5.17. The minimum Gasteiger partial charge on any atom is -0.497 e. The van der Waals surface area contributed by atoms with Gasteiger partial charge in [-0.3, -0.25) is 9.59 Å². The molecule has 0 spiro atoms. The lowest BCUT2D eigenvalue weighted by Crippen LogP contribution is -2.14. The Balaban J connectivity index is 1.10. The molecule has 0 saturated carbocycles. The third-order valence-corrected chi connectivity index (χ3v) is 7.84. The molecule has 0 unspecified atom stereocenters. The molecule has 10 heteroatoms. The topological polar surface area (TPSA) is 112 Å². The zero-order chi connectivity index (χ0) is 31.9. The Hall–Kier alpha value is -5.74. The Kier molecular flexibility index (Phi) is 9.17. The smallest absolute Gasteiger partial charge is 0.277 e. The van der Waals surface area contributed by atoms with Gasteiger partial charge in [-0.1, -0.05) is 65.9 Å². The first-order chi connectivity index (χ1) is 22.4. The molecule has 6 aromatic rings. The third kappa shape index (κ3) is 7.31. The molecule has 9 nitrogen and oxygen atoms in total. The van der Waals surface area contributed by atoms with E-state index in [-0.39, 0.29) is 28.6 Å². The van der Waals surface area contributed by atoms with Gasteiger partial charge in [0.25, 0.3) is 11.1 Å². The van der Waals surface area contributed by atoms with Gasteiger partial charge >= 0.3 is 0 Å². The molecule has 6 rings (SSSR count). The summed E-state index contributed by atoms with van der Waals surface area (Å²) < 4.78 is 13.0. The fourth-order valence-corrected chi connectivity index (χ4v) is 5.13. The molecule has 0 fully saturated rings. The number of allylic oxidation sites excluding steroid dienone is 1. The molecule has 2 aromatic heterocycles. The number of para-hydroxylation sites is 1. The van der Waals surface area contributed by atoms with Crippen molar-refractivity contribution in [3.63, 3.8) is 0 Å². The zero-order valence-corrected chi connectivity index (χ0v) is 25.9. The first-order valence-electron chi connectivity index (χ1n) is 14.4. The molecule has 2 heterocycles. The Morgan fingerprint density at radius 3 is 2.37 bits per heavy atom. The Labute approximate surface area is 270 Å². The van der Waals surface area contributed by atoms with Crippen LogP contribution >= 0.6 is 11.8 Å². The molecule has 4 aromatic carbocycles. The monoisotopic (exact) mass is 627 g/mol. The summed E-state index contributed by atoms with van der Waals surface area (Å²) in [6, 6.07) is 32.0. The summed E-state index contributed by atoms with van der Waals surface area (Å²) in [4.78, 5) is 25.3. The van der Waals surface area contributed by atoms with Gasteiger partial charge in [0.2, 0.25) is 5.91 Å². The van der Waals surface area contributed by atoms with Gasteiger partial charge in [0.1, 0.15) is 11.4 Å². The zero-order valence-electron chi connectivity index (χ0n) is 25.1. The number of hydrogen-bond acceptors (Lipinski definition) is 8. The van der Waals surface area contributed by atoms with Gasteiger partial charge in [-0.2, -0.15) is 5.10 Å². The van der Waals surface area contributed by atoms with E-state index in [9.17, 15) is 9.59 Å². The number of amides is 1. The average Bonchev–Trinajstić information content (AvgIpc) is 3.76. The van der Waals surface area contributed by atoms with Crippen molar-refractivity contribution in [3.8, 4) is 34.1 Å². The van der Waals surface area contributed by atoms with E-state index in [1.807, 2.05) is 92.0 Å². The number of carbonyl (C=O) groups excluding carboxylic acids is 2. The minimum atomic E-state index is -0.251. The van der Waals surface area contributed by atoms with Crippen LogP contribution in [0.1, 0.15) is 21.5 Å². The van der Waals surface area contributed by atoms with E-state index in [0.717, 1.165) is 39.9 Å². The van der Waals surface area contributed by atoms with E-state index in [2.05, 4.69) is 15.5 Å². The molecular weight excluding hydrogens is 598 g/mol. The number of anilines is 1. The lowest BCUT2D eigenvalue weighted by Gasteiger charge is -2.05. The predicted octanol–water partition coefficient (Wildman–Crippen LogP) is 7.53. The van der Waals surface area contributed by atoms with Crippen LogP contribution in [0.15, 0.2) is 125 Å². The van der Waals surface area contributed by atoms with Crippen molar-refractivity contribution < 1.29 is 18.7 Å². The highest BCUT2D eigenvalue weighted by atomic mass is 32.2. The maximum Gasteiger partial charge on any atom is 0.277 e. The molecule has 0 radical (unpaired) electrons. The van der Waals surface area contributed by atoms with E-state index >= 15 is 0 Å². The van der Waals surface area contributed by atoms with Crippen LogP contribution in [0.2, 0.25) is 0 Å². The number of ketones is 1. The number of aryl methyl sites for hydroxylation is 1. The molecule has 0 bridgehead atoms. The van der Waals surface area contributed by atoms with Gasteiger partial charge < -0.3 is 14.5 Å². The van der Waals surface area contributed by atoms with Crippen LogP contribution in [0.3, 0.4) is 0 Å². The molecule has 46 heavy (non-hydrogen) atoms. The minimum absolute atomic E-state index is 0.0518. The second-order valence-corrected chi connectivity index (χ2v) is 11.2. The molecule has 228 valence electrons. The number of hydrogen-bond donors (Lipinski definition) is 1. The lowest BCUT2D eigenvalue weighted by molar-refractivity contribution is -0.113. The van der Waals surface area contributed by atoms with Gasteiger partial charge in [0.05, 0.1) is 24.1 Å². The third-order valence-electron chi connectivity index (χ3n) is 7.02. The first kappa shape index (κ1) is 30.3. The van der Waals surface area contributed by atoms with Crippen molar-refractivity contribution in [2.45, 2.75) is 12.1 Å². The molecule has 1 amide bonds. The quantitative estimate of drug-likeness (QED) is 0.0891. The average molecular weight is 628 g/mol. The number of ether oxygens (including phenoxy) is 1. The summed E-state index contributed by atoms with van der Waals surface area (Å²) in [5.41, 5.74) is 6.27. The molecule has 0 aliphatic carbocycles. The molecule has 1 N–H and O–H groups in total. The number of nitrogens with one attached hydrogen (secondary N) is 1. The number of nitrogens with zero attached hydrogens (tertiary/aromatic N) is 4. The number of carbonyl (C=O) groups is 2. The Bertz CT molecular complexity index is 1980. The number of rotatable bonds is 11. The summed E-state index contributed by atoms with van der Waals surface area (Å²) in [5, 5.41) is 16.3. The molecular formula is C36H29N5O4S. The van der Waals surface area contributed by atoms with Crippen LogP contribution in [0.5, 0.6) is 5.75 Å². The lowest BCUT2D eigenvalue weighted by atomic mass is 10.1. The van der Waals surface area contributed by atoms with Gasteiger partial charge in [-0.05, 0) is 79.2 Å². The van der Waals surface area contributed by atoms with E-state index in [4.69, 9.17) is 14.3 Å². The number of aromatic nitrogens is 4. The number of benzene rings is 4. The van der Waals surface area contributed by atoms with E-state index < -0.39 is 0 Å². The van der Waals surface area contributed by atoms with Crippen LogP contribution in [0.25, 0.3) is 34.5 Å². The number of methoxy groups -OCH3 is 1. The van der Waals surface area contributed by atoms with E-state index in [1.54, 1.807) is 48.2 Å². The summed E-state index contributed by atoms with van der Waals surface area (Å²) >= 11 is 1.13. The van der Waals surface area contributed by atoms with Crippen molar-refractivity contribution >= 4 is 35.2 Å². The maximum atomic E-state index is 12.7. The van der Waals surface area contributed by atoms with E-state index in [1.165, 1.54) is 0 Å². The normalized spacial score (nSPS) is 11.1. The fourth-order valence-electron chi connectivity index (χ4n) is 4.57. The first-order valence-corrected chi connectivity index (χ1v) is 15.4. The van der Waals surface area contributed by atoms with Gasteiger partial charge in [0.15, 0.2) is 5.78 Å². The van der Waals surface area contributed by atoms with Crippen molar-refractivity contribution in [2.75, 3.05) is 18.2 Å². The highest BCUT2D eigenvalue weighted by Crippen LogP contribution is 2.33. The second kappa shape index (κ2) is 13.9. The SMILES string of the molecule is COc1ccc(-c2nn(-c3ccccc3)cc2-c2nnc(SCC(=O)Nc3ccc(C(=O)/C=C/c4ccc(C)cc4)cc3)o2)cc1. The highest BCUT2D eigenvalue weighted by molar-refractivity contribution is 7.99. The second-order valence-electron chi connectivity index (χ2n) is 10.3. The van der Waals surface area contributed by atoms with Crippen LogP contribution in [0.4, 0.5) is 5.69 Å². The molecule has 0 aliphatic heterocycles. The largest absolute Gasteiger partial charge is 0.497 e. The van der Waals surface area contributed by atoms with Crippen LogP contribution < -0.4 is 10.1 Å². The Morgan fingerprint density at radius 2 is 1.65 bits per heavy atom. The van der Waals surface area contributed by atoms with Crippen molar-refractivity contribution in [3.05, 3.63) is 132 Å². The van der Waals surface area contributed by atoms with Crippen molar-refractivity contribution in [1.82, 2.24) is 20.0 Å².